The molecule has 0 spiro atoms. The van der Waals surface area contributed by atoms with E-state index in [-0.39, 0.29) is 17.6 Å². The van der Waals surface area contributed by atoms with E-state index in [4.69, 9.17) is 4.98 Å². The monoisotopic (exact) mass is 403 g/mol. The largest absolute Gasteiger partial charge is 0.342 e. The van der Waals surface area contributed by atoms with Crippen LogP contribution in [0.25, 0.3) is 0 Å². The first-order valence-electron chi connectivity index (χ1n) is 10.5. The quantitative estimate of drug-likeness (QED) is 0.632. The Hall–Kier alpha value is -3.08. The average Bonchev–Trinajstić information content (AvgIpc) is 2.76. The van der Waals surface area contributed by atoms with Gasteiger partial charge < -0.3 is 4.90 Å². The van der Waals surface area contributed by atoms with Crippen LogP contribution >= 0.6 is 0 Å². The topological polar surface area (TPSA) is 46.1 Å². The van der Waals surface area contributed by atoms with Gasteiger partial charge in [0.1, 0.15) is 5.82 Å². The van der Waals surface area contributed by atoms with Gasteiger partial charge in [-0.05, 0) is 66.8 Å². The minimum Gasteiger partial charge on any atom is -0.342 e. The Morgan fingerprint density at radius 2 is 1.93 bits per heavy atom. The maximum absolute atomic E-state index is 14.1. The molecule has 0 unspecified atom stereocenters. The zero-order chi connectivity index (χ0) is 20.9. The van der Waals surface area contributed by atoms with Crippen LogP contribution in [0.15, 0.2) is 60.9 Å². The second-order valence-corrected chi connectivity index (χ2v) is 8.02. The molecule has 1 aliphatic heterocycles. The second kappa shape index (κ2) is 9.16. The fraction of sp³-hybridized carbons (Fsp3) is 0.320. The lowest BCUT2D eigenvalue weighted by Gasteiger charge is -2.33. The molecule has 1 saturated heterocycles. The second-order valence-electron chi connectivity index (χ2n) is 8.02. The van der Waals surface area contributed by atoms with Crippen LogP contribution < -0.4 is 0 Å². The van der Waals surface area contributed by atoms with Gasteiger partial charge in [-0.3, -0.25) is 14.8 Å². The molecule has 0 saturated carbocycles. The van der Waals surface area contributed by atoms with E-state index in [0.717, 1.165) is 41.9 Å². The van der Waals surface area contributed by atoms with Crippen molar-refractivity contribution in [2.24, 2.45) is 0 Å². The van der Waals surface area contributed by atoms with E-state index in [1.54, 1.807) is 18.5 Å². The zero-order valence-electron chi connectivity index (χ0n) is 17.2. The fourth-order valence-corrected chi connectivity index (χ4v) is 4.17. The average molecular weight is 404 g/mol. The van der Waals surface area contributed by atoms with E-state index < -0.39 is 0 Å². The molecule has 3 aromatic rings. The van der Waals surface area contributed by atoms with Gasteiger partial charge in [0.15, 0.2) is 0 Å². The Labute approximate surface area is 176 Å². The molecule has 1 atom stereocenters. The van der Waals surface area contributed by atoms with E-state index in [1.807, 2.05) is 42.2 Å². The van der Waals surface area contributed by atoms with E-state index in [0.29, 0.717) is 24.9 Å². The molecule has 4 nitrogen and oxygen atoms in total. The predicted octanol–water partition coefficient (Wildman–Crippen LogP) is 4.46. The van der Waals surface area contributed by atoms with Crippen LogP contribution in [0.1, 0.15) is 46.8 Å². The Bertz CT molecular complexity index is 1020. The highest BCUT2D eigenvalue weighted by molar-refractivity contribution is 5.78. The van der Waals surface area contributed by atoms with Gasteiger partial charge in [-0.15, -0.1) is 0 Å². The van der Waals surface area contributed by atoms with Crippen LogP contribution in [0.5, 0.6) is 0 Å². The van der Waals surface area contributed by atoms with Crippen molar-refractivity contribution in [3.63, 3.8) is 0 Å². The molecule has 0 N–H and O–H groups in total. The molecular weight excluding hydrogens is 377 g/mol. The summed E-state index contributed by atoms with van der Waals surface area (Å²) in [4.78, 5) is 23.5. The zero-order valence-corrected chi connectivity index (χ0v) is 17.2. The number of rotatable bonds is 5. The number of likely N-dealkylation sites (tertiary alicyclic amines) is 1. The fourth-order valence-electron chi connectivity index (χ4n) is 4.17. The van der Waals surface area contributed by atoms with Crippen LogP contribution in [0.3, 0.4) is 0 Å². The third-order valence-electron chi connectivity index (χ3n) is 5.68. The molecule has 1 fully saturated rings. The molecular formula is C25H26FN3O. The maximum Gasteiger partial charge on any atom is 0.227 e. The summed E-state index contributed by atoms with van der Waals surface area (Å²) in [5.74, 6) is 0.170. The predicted molar refractivity (Wildman–Crippen MR) is 115 cm³/mol. The number of carbonyl (C=O) groups is 1. The number of carbonyl (C=O) groups excluding carboxylic acids is 1. The number of aromatic nitrogens is 2. The summed E-state index contributed by atoms with van der Waals surface area (Å²) in [6.07, 6.45) is 6.35. The highest BCUT2D eigenvalue weighted by atomic mass is 19.1. The summed E-state index contributed by atoms with van der Waals surface area (Å²) in [5.41, 5.74) is 4.66. The summed E-state index contributed by atoms with van der Waals surface area (Å²) in [6.45, 7) is 3.44. The lowest BCUT2D eigenvalue weighted by Crippen LogP contribution is -2.40. The van der Waals surface area contributed by atoms with Crippen molar-refractivity contribution < 1.29 is 9.18 Å². The standard InChI is InChI=1S/C25H26FN3O/c1-18-13-20(14-21-5-2-3-7-23(21)26)15-24(28-18)22-6-4-12-29(17-22)25(30)16-19-8-10-27-11-9-19/h2-3,5,7-11,13,15,22H,4,6,12,14,16-17H2,1H3/t22-/m1/s1. The van der Waals surface area contributed by atoms with Gasteiger partial charge in [0.2, 0.25) is 5.91 Å². The molecule has 0 aliphatic carbocycles. The van der Waals surface area contributed by atoms with Gasteiger partial charge in [-0.25, -0.2) is 4.39 Å². The van der Waals surface area contributed by atoms with E-state index >= 15 is 0 Å². The maximum atomic E-state index is 14.1. The van der Waals surface area contributed by atoms with Gasteiger partial charge >= 0.3 is 0 Å². The highest BCUT2D eigenvalue weighted by Crippen LogP contribution is 2.28. The normalized spacial score (nSPS) is 16.5. The van der Waals surface area contributed by atoms with E-state index in [9.17, 15) is 9.18 Å². The molecule has 3 heterocycles. The van der Waals surface area contributed by atoms with Crippen LogP contribution in [-0.2, 0) is 17.6 Å². The van der Waals surface area contributed by atoms with Gasteiger partial charge in [-0.2, -0.15) is 0 Å². The SMILES string of the molecule is Cc1cc(Cc2ccccc2F)cc([C@@H]2CCCN(C(=O)Cc3ccncc3)C2)n1. The minimum absolute atomic E-state index is 0.144. The minimum atomic E-state index is -0.181. The highest BCUT2D eigenvalue weighted by Gasteiger charge is 2.26. The van der Waals surface area contributed by atoms with E-state index in [2.05, 4.69) is 11.1 Å². The Morgan fingerprint density at radius 3 is 2.73 bits per heavy atom. The molecule has 0 bridgehead atoms. The molecule has 1 aromatic carbocycles. The Balaban J connectivity index is 1.48. The first-order valence-corrected chi connectivity index (χ1v) is 10.5. The molecule has 4 rings (SSSR count). The molecule has 154 valence electrons. The lowest BCUT2D eigenvalue weighted by atomic mass is 9.92. The van der Waals surface area contributed by atoms with Crippen molar-refractivity contribution in [1.29, 1.82) is 0 Å². The molecule has 1 aliphatic rings. The third kappa shape index (κ3) is 4.90. The number of amides is 1. The number of pyridine rings is 2. The van der Waals surface area contributed by atoms with Crippen molar-refractivity contribution in [2.75, 3.05) is 13.1 Å². The molecule has 1 amide bonds. The molecule has 30 heavy (non-hydrogen) atoms. The first-order chi connectivity index (χ1) is 14.6. The van der Waals surface area contributed by atoms with Crippen LogP contribution in [-0.4, -0.2) is 33.9 Å². The summed E-state index contributed by atoms with van der Waals surface area (Å²) >= 11 is 0. The number of hydrogen-bond donors (Lipinski definition) is 0. The Morgan fingerprint density at radius 1 is 1.13 bits per heavy atom. The molecule has 0 radical (unpaired) electrons. The van der Waals surface area contributed by atoms with Gasteiger partial charge in [0.05, 0.1) is 6.42 Å². The van der Waals surface area contributed by atoms with Gasteiger partial charge in [0.25, 0.3) is 0 Å². The van der Waals surface area contributed by atoms with Crippen LogP contribution in [0, 0.1) is 12.7 Å². The first kappa shape index (κ1) is 20.2. The Kier molecular flexibility index (Phi) is 6.17. The van der Waals surface area contributed by atoms with Gasteiger partial charge in [-0.1, -0.05) is 18.2 Å². The van der Waals surface area contributed by atoms with E-state index in [1.165, 1.54) is 6.07 Å². The van der Waals surface area contributed by atoms with Crippen LogP contribution in [0.2, 0.25) is 0 Å². The number of hydrogen-bond acceptors (Lipinski definition) is 3. The third-order valence-corrected chi connectivity index (χ3v) is 5.68. The number of nitrogens with zero attached hydrogens (tertiary/aromatic N) is 3. The van der Waals surface area contributed by atoms with Crippen LogP contribution in [0.4, 0.5) is 4.39 Å². The smallest absolute Gasteiger partial charge is 0.227 e. The van der Waals surface area contributed by atoms with Crippen molar-refractivity contribution in [3.8, 4) is 0 Å². The molecule has 5 heteroatoms. The lowest BCUT2D eigenvalue weighted by molar-refractivity contribution is -0.131. The van der Waals surface area contributed by atoms with Gasteiger partial charge in [0, 0.05) is 49.2 Å². The summed E-state index contributed by atoms with van der Waals surface area (Å²) in [5, 5.41) is 0. The summed E-state index contributed by atoms with van der Waals surface area (Å²) in [6, 6.07) is 14.8. The summed E-state index contributed by atoms with van der Waals surface area (Å²) < 4.78 is 14.1. The van der Waals surface area contributed by atoms with Crippen molar-refractivity contribution in [2.45, 2.75) is 38.5 Å². The molecule has 2 aromatic heterocycles. The number of benzene rings is 1. The van der Waals surface area contributed by atoms with Crippen molar-refractivity contribution >= 4 is 5.91 Å². The number of piperidine rings is 1. The number of halogens is 1. The van der Waals surface area contributed by atoms with Crippen molar-refractivity contribution in [3.05, 3.63) is 94.8 Å². The summed E-state index contributed by atoms with van der Waals surface area (Å²) in [7, 11) is 0. The number of aryl methyl sites for hydroxylation is 1. The van der Waals surface area contributed by atoms with Crippen molar-refractivity contribution in [1.82, 2.24) is 14.9 Å².